The summed E-state index contributed by atoms with van der Waals surface area (Å²) in [6.07, 6.45) is 5.25. The van der Waals surface area contributed by atoms with Gasteiger partial charge in [0, 0.05) is 0 Å². The summed E-state index contributed by atoms with van der Waals surface area (Å²) in [7, 11) is 3.04. The van der Waals surface area contributed by atoms with Crippen LogP contribution in [-0.4, -0.2) is 51.7 Å². The van der Waals surface area contributed by atoms with Crippen molar-refractivity contribution in [2.45, 2.75) is 13.3 Å². The summed E-state index contributed by atoms with van der Waals surface area (Å²) >= 11 is 0. The normalized spacial score (nSPS) is 13.9. The van der Waals surface area contributed by atoms with Gasteiger partial charge in [0.15, 0.2) is 11.5 Å². The van der Waals surface area contributed by atoms with Crippen molar-refractivity contribution in [3.63, 3.8) is 0 Å². The molecule has 0 atom stereocenters. The van der Waals surface area contributed by atoms with Crippen molar-refractivity contribution in [2.24, 2.45) is 4.99 Å². The number of ether oxygens (including phenoxy) is 3. The maximum atomic E-state index is 14.2. The van der Waals surface area contributed by atoms with Crippen molar-refractivity contribution in [3.8, 4) is 17.2 Å². The van der Waals surface area contributed by atoms with Gasteiger partial charge < -0.3 is 24.6 Å². The highest BCUT2D eigenvalue weighted by molar-refractivity contribution is 6.08. The van der Waals surface area contributed by atoms with Crippen molar-refractivity contribution in [1.82, 2.24) is 5.32 Å². The largest absolute Gasteiger partial charge is 0.493 e. The first kappa shape index (κ1) is 27.4. The predicted molar refractivity (Wildman–Crippen MR) is 144 cm³/mol. The molecule has 0 spiro atoms. The highest BCUT2D eigenvalue weighted by atomic mass is 19.1. The van der Waals surface area contributed by atoms with Crippen LogP contribution in [0.25, 0.3) is 17.2 Å². The number of hydrogen-bond acceptors (Lipinski definition) is 6. The Labute approximate surface area is 216 Å². The lowest BCUT2D eigenvalue weighted by Crippen LogP contribution is -2.25. The third-order valence-corrected chi connectivity index (χ3v) is 5.90. The molecule has 0 heterocycles. The van der Waals surface area contributed by atoms with Crippen molar-refractivity contribution < 1.29 is 28.5 Å². The van der Waals surface area contributed by atoms with Gasteiger partial charge in [0.1, 0.15) is 12.4 Å². The zero-order valence-electron chi connectivity index (χ0n) is 21.3. The number of aliphatic hydroxyl groups excluding tert-OH is 1. The van der Waals surface area contributed by atoms with E-state index in [9.17, 15) is 9.18 Å². The number of nitrogens with one attached hydrogen (secondary N) is 1. The van der Waals surface area contributed by atoms with Gasteiger partial charge in [0.05, 0.1) is 39.5 Å². The van der Waals surface area contributed by atoms with Crippen molar-refractivity contribution in [1.29, 1.82) is 0 Å². The van der Waals surface area contributed by atoms with Crippen LogP contribution in [0.3, 0.4) is 0 Å². The number of methoxy groups -OCH3 is 2. The van der Waals surface area contributed by atoms with Gasteiger partial charge in [-0.1, -0.05) is 18.7 Å². The van der Waals surface area contributed by atoms with Crippen molar-refractivity contribution >= 4 is 29.8 Å². The summed E-state index contributed by atoms with van der Waals surface area (Å²) < 4.78 is 30.8. The number of aliphatic hydroxyl groups is 1. The monoisotopic (exact) mass is 506 g/mol. The Hall–Kier alpha value is -4.17. The molecule has 0 fully saturated rings. The third kappa shape index (κ3) is 6.34. The Kier molecular flexibility index (Phi) is 9.40. The molecule has 7 nitrogen and oxygen atoms in total. The standard InChI is InChI=1S/C29H31FN2O5/c1-6-7-21(31-3)17-32-28(34)16-24-18(2)23(22-9-8-20(30)15-25(22)24)12-19-13-26(35-4)29(37-11-10-33)27(14-19)36-5/h6-9,12-15,33H,1,3,10-11,16-17H2,2,4-5H3,(H,32,34)/b21-7-,23-12-. The van der Waals surface area contributed by atoms with Crippen LogP contribution in [0, 0.1) is 5.82 Å². The van der Waals surface area contributed by atoms with Gasteiger partial charge in [-0.3, -0.25) is 9.79 Å². The maximum Gasteiger partial charge on any atom is 0.224 e. The molecular formula is C29H31FN2O5. The molecule has 1 aliphatic carbocycles. The molecule has 37 heavy (non-hydrogen) atoms. The SMILES string of the molecule is C=C/C=C(/CNC(=O)CC1=C(C)/C(=C/c2cc(OC)c(OCCO)c(OC)c2)c2ccc(F)cc21)N=C. The number of fused-ring (bicyclic) bond motifs is 1. The Morgan fingerprint density at radius 1 is 1.16 bits per heavy atom. The van der Waals surface area contributed by atoms with Crippen LogP contribution in [0.1, 0.15) is 30.0 Å². The maximum absolute atomic E-state index is 14.2. The molecule has 2 N–H and O–H groups in total. The average Bonchev–Trinajstić information content (AvgIpc) is 3.14. The highest BCUT2D eigenvalue weighted by Crippen LogP contribution is 2.45. The van der Waals surface area contributed by atoms with Gasteiger partial charge >= 0.3 is 0 Å². The number of nitrogens with zero attached hydrogens (tertiary/aromatic N) is 1. The third-order valence-electron chi connectivity index (χ3n) is 5.90. The Morgan fingerprint density at radius 3 is 2.46 bits per heavy atom. The van der Waals surface area contributed by atoms with E-state index in [-0.39, 0.29) is 37.9 Å². The minimum atomic E-state index is -0.383. The van der Waals surface area contributed by atoms with E-state index in [0.29, 0.717) is 28.5 Å². The van der Waals surface area contributed by atoms with E-state index in [1.807, 2.05) is 13.0 Å². The fraction of sp³-hybridized carbons (Fsp3) is 0.241. The van der Waals surface area contributed by atoms with Gasteiger partial charge in [-0.15, -0.1) is 0 Å². The lowest BCUT2D eigenvalue weighted by molar-refractivity contribution is -0.119. The number of allylic oxidation sites excluding steroid dienone is 4. The molecule has 2 aromatic rings. The zero-order valence-corrected chi connectivity index (χ0v) is 21.3. The average molecular weight is 507 g/mol. The second-order valence-corrected chi connectivity index (χ2v) is 8.18. The zero-order chi connectivity index (χ0) is 26.9. The summed E-state index contributed by atoms with van der Waals surface area (Å²) in [5.74, 6) is 0.665. The number of amides is 1. The molecule has 0 saturated heterocycles. The molecule has 0 aliphatic heterocycles. The molecule has 0 unspecified atom stereocenters. The first-order valence-corrected chi connectivity index (χ1v) is 11.6. The van der Waals surface area contributed by atoms with Gasteiger partial charge in [-0.05, 0) is 83.5 Å². The van der Waals surface area contributed by atoms with Gasteiger partial charge in [-0.2, -0.15) is 0 Å². The lowest BCUT2D eigenvalue weighted by atomic mass is 10.00. The molecule has 0 bridgehead atoms. The Balaban J connectivity index is 2.01. The first-order chi connectivity index (χ1) is 17.9. The molecule has 8 heteroatoms. The molecule has 0 aromatic heterocycles. The Morgan fingerprint density at radius 2 is 1.86 bits per heavy atom. The van der Waals surface area contributed by atoms with E-state index in [1.54, 1.807) is 30.4 Å². The number of carbonyl (C=O) groups is 1. The number of aliphatic imine (C=N–C) groups is 1. The van der Waals surface area contributed by atoms with Crippen LogP contribution in [0.4, 0.5) is 4.39 Å². The molecule has 0 radical (unpaired) electrons. The molecule has 2 aromatic carbocycles. The van der Waals surface area contributed by atoms with E-state index in [4.69, 9.17) is 19.3 Å². The summed E-state index contributed by atoms with van der Waals surface area (Å²) in [4.78, 5) is 16.6. The molecule has 194 valence electrons. The number of hydrogen-bond donors (Lipinski definition) is 2. The fourth-order valence-electron chi connectivity index (χ4n) is 4.14. The minimum Gasteiger partial charge on any atom is -0.493 e. The summed E-state index contributed by atoms with van der Waals surface area (Å²) in [5.41, 5.74) is 5.29. The Bertz CT molecular complexity index is 1270. The lowest BCUT2D eigenvalue weighted by Gasteiger charge is -2.15. The first-order valence-electron chi connectivity index (χ1n) is 11.6. The molecule has 3 rings (SSSR count). The molecular weight excluding hydrogens is 475 g/mol. The van der Waals surface area contributed by atoms with Gasteiger partial charge in [-0.25, -0.2) is 4.39 Å². The van der Waals surface area contributed by atoms with Crippen LogP contribution in [0.15, 0.2) is 65.3 Å². The highest BCUT2D eigenvalue weighted by Gasteiger charge is 2.26. The van der Waals surface area contributed by atoms with Crippen LogP contribution in [0.2, 0.25) is 0 Å². The second kappa shape index (κ2) is 12.7. The van der Waals surface area contributed by atoms with Crippen molar-refractivity contribution in [2.75, 3.05) is 34.0 Å². The quantitative estimate of drug-likeness (QED) is 0.318. The molecule has 1 amide bonds. The van der Waals surface area contributed by atoms with Crippen LogP contribution in [0.5, 0.6) is 17.2 Å². The van der Waals surface area contributed by atoms with E-state index in [2.05, 4.69) is 23.6 Å². The number of carbonyl (C=O) groups excluding carboxylic acids is 1. The number of rotatable bonds is 12. The van der Waals surface area contributed by atoms with Gasteiger partial charge in [0.2, 0.25) is 11.7 Å². The van der Waals surface area contributed by atoms with Crippen LogP contribution in [-0.2, 0) is 4.79 Å². The van der Waals surface area contributed by atoms with E-state index in [0.717, 1.165) is 27.8 Å². The van der Waals surface area contributed by atoms with E-state index >= 15 is 0 Å². The second-order valence-electron chi connectivity index (χ2n) is 8.18. The minimum absolute atomic E-state index is 0.0682. The predicted octanol–water partition coefficient (Wildman–Crippen LogP) is 4.82. The number of halogens is 1. The van der Waals surface area contributed by atoms with E-state index in [1.165, 1.54) is 26.4 Å². The molecule has 1 aliphatic rings. The summed E-state index contributed by atoms with van der Waals surface area (Å²) in [5, 5.41) is 12.0. The van der Waals surface area contributed by atoms with Crippen molar-refractivity contribution in [3.05, 3.63) is 82.8 Å². The van der Waals surface area contributed by atoms with Crippen LogP contribution < -0.4 is 19.5 Å². The topological polar surface area (TPSA) is 89.4 Å². The molecule has 0 saturated carbocycles. The number of benzene rings is 2. The summed E-state index contributed by atoms with van der Waals surface area (Å²) in [6.45, 7) is 9.18. The van der Waals surface area contributed by atoms with E-state index < -0.39 is 0 Å². The fourth-order valence-corrected chi connectivity index (χ4v) is 4.14. The smallest absolute Gasteiger partial charge is 0.224 e. The summed E-state index contributed by atoms with van der Waals surface area (Å²) in [6, 6.07) is 8.14. The van der Waals surface area contributed by atoms with Crippen LogP contribution >= 0.6 is 0 Å². The van der Waals surface area contributed by atoms with Gasteiger partial charge in [0.25, 0.3) is 0 Å².